The maximum atomic E-state index is 13.4. The maximum absolute atomic E-state index is 13.4. The van der Waals surface area contributed by atoms with E-state index in [2.05, 4.69) is 10.6 Å². The SMILES string of the molecule is CC(=O)NC1(C(C)=O)CC(C(=O)N[C@@H](C(F)F)C2CCCCC2)C1. The van der Waals surface area contributed by atoms with Crippen LogP contribution in [0.1, 0.15) is 58.8 Å². The first kappa shape index (κ1) is 18.8. The topological polar surface area (TPSA) is 75.3 Å². The third kappa shape index (κ3) is 4.11. The van der Waals surface area contributed by atoms with Crippen LogP contribution in [0, 0.1) is 11.8 Å². The van der Waals surface area contributed by atoms with E-state index in [1.165, 1.54) is 13.8 Å². The summed E-state index contributed by atoms with van der Waals surface area (Å²) in [5, 5.41) is 5.11. The molecule has 7 heteroatoms. The molecule has 0 aromatic rings. The molecule has 2 aliphatic rings. The van der Waals surface area contributed by atoms with Crippen molar-refractivity contribution in [3.05, 3.63) is 0 Å². The smallest absolute Gasteiger partial charge is 0.258 e. The van der Waals surface area contributed by atoms with Crippen LogP contribution in [0.15, 0.2) is 0 Å². The third-order valence-corrected chi connectivity index (χ3v) is 5.39. The van der Waals surface area contributed by atoms with Gasteiger partial charge >= 0.3 is 0 Å². The molecular formula is C17H26F2N2O3. The van der Waals surface area contributed by atoms with Crippen LogP contribution in [-0.2, 0) is 14.4 Å². The predicted molar refractivity (Wildman–Crippen MR) is 84.5 cm³/mol. The van der Waals surface area contributed by atoms with Gasteiger partial charge in [0.25, 0.3) is 6.43 Å². The molecule has 2 saturated carbocycles. The molecular weight excluding hydrogens is 318 g/mol. The number of nitrogens with one attached hydrogen (secondary N) is 2. The Morgan fingerprint density at radius 3 is 2.08 bits per heavy atom. The zero-order chi connectivity index (χ0) is 17.9. The lowest BCUT2D eigenvalue weighted by atomic mass is 9.65. The molecule has 0 aliphatic heterocycles. The molecule has 2 rings (SSSR count). The number of hydrogen-bond acceptors (Lipinski definition) is 3. The molecule has 0 saturated heterocycles. The number of hydrogen-bond donors (Lipinski definition) is 2. The van der Waals surface area contributed by atoms with E-state index in [1.807, 2.05) is 0 Å². The molecule has 0 unspecified atom stereocenters. The molecule has 0 bridgehead atoms. The maximum Gasteiger partial charge on any atom is 0.258 e. The summed E-state index contributed by atoms with van der Waals surface area (Å²) in [6.45, 7) is 2.68. The molecule has 5 nitrogen and oxygen atoms in total. The highest BCUT2D eigenvalue weighted by molar-refractivity contribution is 5.94. The molecule has 2 fully saturated rings. The fourth-order valence-electron chi connectivity index (χ4n) is 3.94. The Morgan fingerprint density at radius 1 is 1.04 bits per heavy atom. The minimum absolute atomic E-state index is 0.175. The van der Waals surface area contributed by atoms with Gasteiger partial charge in [0.05, 0.1) is 11.6 Å². The Kier molecular flexibility index (Phi) is 5.93. The minimum atomic E-state index is -2.59. The van der Waals surface area contributed by atoms with E-state index in [0.29, 0.717) is 12.8 Å². The second-order valence-corrected chi connectivity index (χ2v) is 7.19. The Morgan fingerprint density at radius 2 is 1.62 bits per heavy atom. The van der Waals surface area contributed by atoms with Crippen LogP contribution in [0.25, 0.3) is 0 Å². The van der Waals surface area contributed by atoms with Gasteiger partial charge in [0.1, 0.15) is 0 Å². The quantitative estimate of drug-likeness (QED) is 0.775. The number of carbonyl (C=O) groups excluding carboxylic acids is 3. The summed E-state index contributed by atoms with van der Waals surface area (Å²) in [6.07, 6.45) is 2.08. The highest BCUT2D eigenvalue weighted by Gasteiger charge is 2.52. The summed E-state index contributed by atoms with van der Waals surface area (Å²) in [4.78, 5) is 35.3. The highest BCUT2D eigenvalue weighted by atomic mass is 19.3. The molecule has 0 spiro atoms. The van der Waals surface area contributed by atoms with E-state index in [-0.39, 0.29) is 30.4 Å². The lowest BCUT2D eigenvalue weighted by Gasteiger charge is -2.45. The molecule has 24 heavy (non-hydrogen) atoms. The number of Topliss-reactive ketones (excluding diaryl/α,β-unsaturated/α-hetero) is 1. The largest absolute Gasteiger partial charge is 0.347 e. The van der Waals surface area contributed by atoms with Gasteiger partial charge in [-0.3, -0.25) is 14.4 Å². The van der Waals surface area contributed by atoms with E-state index >= 15 is 0 Å². The van der Waals surface area contributed by atoms with Gasteiger partial charge in [0, 0.05) is 12.8 Å². The van der Waals surface area contributed by atoms with Crippen LogP contribution in [0.5, 0.6) is 0 Å². The van der Waals surface area contributed by atoms with Crippen molar-refractivity contribution in [2.75, 3.05) is 0 Å². The molecule has 2 N–H and O–H groups in total. The lowest BCUT2D eigenvalue weighted by molar-refractivity contribution is -0.143. The summed E-state index contributed by atoms with van der Waals surface area (Å²) in [7, 11) is 0. The number of carbonyl (C=O) groups is 3. The standard InChI is InChI=1S/C17H26F2N2O3/c1-10(22)17(21-11(2)23)8-13(9-17)16(24)20-14(15(18)19)12-6-4-3-5-7-12/h12-15H,3-9H2,1-2H3,(H,20,24)(H,21,23)/t13?,14-,17?/m1/s1. The fraction of sp³-hybridized carbons (Fsp3) is 0.824. The van der Waals surface area contributed by atoms with Gasteiger partial charge in [-0.15, -0.1) is 0 Å². The van der Waals surface area contributed by atoms with E-state index < -0.39 is 29.8 Å². The van der Waals surface area contributed by atoms with Crippen LogP contribution in [-0.4, -0.2) is 35.6 Å². The summed E-state index contributed by atoms with van der Waals surface area (Å²) >= 11 is 0. The minimum Gasteiger partial charge on any atom is -0.347 e. The Bertz CT molecular complexity index is 498. The second kappa shape index (κ2) is 7.57. The zero-order valence-electron chi connectivity index (χ0n) is 14.2. The van der Waals surface area contributed by atoms with Crippen LogP contribution < -0.4 is 10.6 Å². The monoisotopic (exact) mass is 344 g/mol. The summed E-state index contributed by atoms with van der Waals surface area (Å²) in [6, 6.07) is -1.12. The van der Waals surface area contributed by atoms with Crippen molar-refractivity contribution in [3.8, 4) is 0 Å². The molecule has 136 valence electrons. The Balaban J connectivity index is 1.94. The predicted octanol–water partition coefficient (Wildman–Crippen LogP) is 2.19. The molecule has 1 atom stereocenters. The number of alkyl halides is 2. The number of rotatable bonds is 6. The molecule has 0 aromatic heterocycles. The number of ketones is 1. The van der Waals surface area contributed by atoms with Crippen molar-refractivity contribution in [2.45, 2.75) is 76.8 Å². The molecule has 2 aliphatic carbocycles. The van der Waals surface area contributed by atoms with Gasteiger partial charge in [0.2, 0.25) is 11.8 Å². The summed E-state index contributed by atoms with van der Waals surface area (Å²) < 4.78 is 26.7. The first-order valence-electron chi connectivity index (χ1n) is 8.63. The van der Waals surface area contributed by atoms with Gasteiger partial charge in [-0.05, 0) is 38.5 Å². The Labute approximate surface area is 140 Å². The first-order chi connectivity index (χ1) is 11.2. The van der Waals surface area contributed by atoms with Gasteiger partial charge in [-0.1, -0.05) is 19.3 Å². The summed E-state index contributed by atoms with van der Waals surface area (Å²) in [5.74, 6) is -1.68. The average molecular weight is 344 g/mol. The molecule has 0 aromatic carbocycles. The normalized spacial score (nSPS) is 28.8. The fourth-order valence-corrected chi connectivity index (χ4v) is 3.94. The van der Waals surface area contributed by atoms with E-state index in [0.717, 1.165) is 19.3 Å². The van der Waals surface area contributed by atoms with Crippen molar-refractivity contribution in [1.29, 1.82) is 0 Å². The zero-order valence-corrected chi connectivity index (χ0v) is 14.2. The average Bonchev–Trinajstić information content (AvgIpc) is 2.47. The molecule has 0 heterocycles. The first-order valence-corrected chi connectivity index (χ1v) is 8.63. The Hall–Kier alpha value is -1.53. The molecule has 2 amide bonds. The van der Waals surface area contributed by atoms with Gasteiger partial charge < -0.3 is 10.6 Å². The van der Waals surface area contributed by atoms with Crippen molar-refractivity contribution in [3.63, 3.8) is 0 Å². The van der Waals surface area contributed by atoms with Crippen molar-refractivity contribution < 1.29 is 23.2 Å². The number of amides is 2. The highest BCUT2D eigenvalue weighted by Crippen LogP contribution is 2.39. The third-order valence-electron chi connectivity index (χ3n) is 5.39. The van der Waals surface area contributed by atoms with E-state index in [1.54, 1.807) is 0 Å². The van der Waals surface area contributed by atoms with Gasteiger partial charge in [-0.25, -0.2) is 8.78 Å². The van der Waals surface area contributed by atoms with Crippen molar-refractivity contribution in [1.82, 2.24) is 10.6 Å². The van der Waals surface area contributed by atoms with Gasteiger partial charge in [0.15, 0.2) is 5.78 Å². The summed E-state index contributed by atoms with van der Waals surface area (Å²) in [5.41, 5.74) is -1.01. The van der Waals surface area contributed by atoms with Gasteiger partial charge in [-0.2, -0.15) is 0 Å². The van der Waals surface area contributed by atoms with E-state index in [9.17, 15) is 23.2 Å². The molecule has 0 radical (unpaired) electrons. The van der Waals surface area contributed by atoms with E-state index in [4.69, 9.17) is 0 Å². The van der Waals surface area contributed by atoms with Crippen LogP contribution in [0.3, 0.4) is 0 Å². The lowest BCUT2D eigenvalue weighted by Crippen LogP contribution is -2.64. The van der Waals surface area contributed by atoms with Crippen LogP contribution in [0.4, 0.5) is 8.78 Å². The number of halogens is 2. The van der Waals surface area contributed by atoms with Crippen molar-refractivity contribution in [2.24, 2.45) is 11.8 Å². The second-order valence-electron chi connectivity index (χ2n) is 7.19. The van der Waals surface area contributed by atoms with Crippen LogP contribution >= 0.6 is 0 Å². The van der Waals surface area contributed by atoms with Crippen LogP contribution in [0.2, 0.25) is 0 Å². The van der Waals surface area contributed by atoms with Crippen molar-refractivity contribution >= 4 is 17.6 Å².